The topological polar surface area (TPSA) is 124 Å². The highest BCUT2D eigenvalue weighted by atomic mass is 35.5. The van der Waals surface area contributed by atoms with E-state index in [4.69, 9.17) is 5.73 Å². The number of hydrogen-bond acceptors (Lipinski definition) is 8. The third-order valence-corrected chi connectivity index (χ3v) is 7.61. The van der Waals surface area contributed by atoms with Gasteiger partial charge in [-0.05, 0) is 48.4 Å². The van der Waals surface area contributed by atoms with E-state index >= 15 is 0 Å². The van der Waals surface area contributed by atoms with Crippen molar-refractivity contribution in [3.05, 3.63) is 70.2 Å². The van der Waals surface area contributed by atoms with Gasteiger partial charge in [0.15, 0.2) is 0 Å². The maximum absolute atomic E-state index is 13.3. The summed E-state index contributed by atoms with van der Waals surface area (Å²) in [7, 11) is 1.76. The number of rotatable bonds is 12. The van der Waals surface area contributed by atoms with Gasteiger partial charge in [0.2, 0.25) is 5.91 Å². The van der Waals surface area contributed by atoms with E-state index in [2.05, 4.69) is 27.8 Å². The van der Waals surface area contributed by atoms with Gasteiger partial charge in [-0.15, -0.1) is 36.2 Å². The highest BCUT2D eigenvalue weighted by Gasteiger charge is 2.25. The molecular weight excluding hydrogens is 585 g/mol. The molecule has 3 amide bonds. The van der Waals surface area contributed by atoms with Crippen molar-refractivity contribution in [3.63, 3.8) is 0 Å². The van der Waals surface area contributed by atoms with Crippen LogP contribution in [-0.2, 0) is 22.7 Å². The molecule has 1 aromatic heterocycles. The third kappa shape index (κ3) is 8.48. The third-order valence-electron chi connectivity index (χ3n) is 6.72. The molecule has 0 bridgehead atoms. The van der Waals surface area contributed by atoms with E-state index in [0.717, 1.165) is 23.4 Å². The lowest BCUT2D eigenvalue weighted by molar-refractivity contribution is -0.145. The van der Waals surface area contributed by atoms with Crippen LogP contribution in [0.25, 0.3) is 10.6 Å². The Kier molecular flexibility index (Phi) is 13.2. The Morgan fingerprint density at radius 3 is 2.27 bits per heavy atom. The Morgan fingerprint density at radius 1 is 1.02 bits per heavy atom. The summed E-state index contributed by atoms with van der Waals surface area (Å²) in [4.78, 5) is 43.6. The van der Waals surface area contributed by atoms with Gasteiger partial charge in [-0.3, -0.25) is 24.7 Å². The maximum atomic E-state index is 13.3. The molecule has 222 valence electrons. The molecule has 0 unspecified atom stereocenters. The number of amides is 3. The predicted octanol–water partition coefficient (Wildman–Crippen LogP) is 2.98. The van der Waals surface area contributed by atoms with E-state index in [0.29, 0.717) is 31.2 Å². The van der Waals surface area contributed by atoms with Crippen molar-refractivity contribution in [2.24, 2.45) is 5.73 Å². The van der Waals surface area contributed by atoms with Gasteiger partial charge in [-0.1, -0.05) is 31.2 Å². The second-order valence-electron chi connectivity index (χ2n) is 9.41. The molecule has 10 nitrogen and oxygen atoms in total. The summed E-state index contributed by atoms with van der Waals surface area (Å²) in [5.74, 6) is -0.791. The van der Waals surface area contributed by atoms with Gasteiger partial charge in [0, 0.05) is 49.9 Å². The highest BCUT2D eigenvalue weighted by Crippen LogP contribution is 2.29. The number of primary amides is 1. The first-order chi connectivity index (χ1) is 18.8. The predicted molar refractivity (Wildman–Crippen MR) is 168 cm³/mol. The minimum absolute atomic E-state index is 0. The van der Waals surface area contributed by atoms with Crippen molar-refractivity contribution in [2.45, 2.75) is 26.9 Å². The fourth-order valence-corrected chi connectivity index (χ4v) is 5.34. The molecule has 2 aromatic carbocycles. The molecule has 0 radical (unpaired) electrons. The van der Waals surface area contributed by atoms with Crippen LogP contribution in [0.4, 0.5) is 5.69 Å². The van der Waals surface area contributed by atoms with Crippen LogP contribution in [-0.4, -0.2) is 72.5 Å². The number of likely N-dealkylation sites (N-methyl/N-ethyl adjacent to an activating group) is 2. The average Bonchev–Trinajstić information content (AvgIpc) is 3.59. The first-order valence-corrected chi connectivity index (χ1v) is 13.8. The van der Waals surface area contributed by atoms with Gasteiger partial charge in [0.05, 0.1) is 13.1 Å². The summed E-state index contributed by atoms with van der Waals surface area (Å²) in [6.45, 7) is 7.34. The summed E-state index contributed by atoms with van der Waals surface area (Å²) in [5.41, 5.74) is 10.6. The van der Waals surface area contributed by atoms with E-state index in [1.807, 2.05) is 49.2 Å². The van der Waals surface area contributed by atoms with Crippen LogP contribution in [0, 0.1) is 6.92 Å². The van der Waals surface area contributed by atoms with Crippen LogP contribution in [0.1, 0.15) is 34.1 Å². The molecule has 2 heterocycles. The molecular formula is C28H37Cl2N7O3S. The van der Waals surface area contributed by atoms with E-state index in [1.54, 1.807) is 22.3 Å². The van der Waals surface area contributed by atoms with Crippen LogP contribution in [0.2, 0.25) is 0 Å². The minimum atomic E-state index is -0.561. The number of fused-ring (bicyclic) bond motifs is 1. The number of nitrogens with zero attached hydrogens (tertiary/aromatic N) is 4. The average molecular weight is 623 g/mol. The summed E-state index contributed by atoms with van der Waals surface area (Å²) in [5, 5.41) is 12.3. The first kappa shape index (κ1) is 34.1. The van der Waals surface area contributed by atoms with Crippen molar-refractivity contribution in [2.75, 3.05) is 44.7 Å². The van der Waals surface area contributed by atoms with Crippen LogP contribution < -0.4 is 21.3 Å². The number of nitrogens with two attached hydrogens (primary N) is 1. The quantitative estimate of drug-likeness (QED) is 0.266. The minimum Gasteiger partial charge on any atom is -0.364 e. The number of thiazole rings is 1. The summed E-state index contributed by atoms with van der Waals surface area (Å²) in [6.07, 6.45) is 0. The van der Waals surface area contributed by atoms with Gasteiger partial charge < -0.3 is 16.0 Å². The fourth-order valence-electron chi connectivity index (χ4n) is 4.53. The summed E-state index contributed by atoms with van der Waals surface area (Å²) in [6, 6.07) is 13.9. The zero-order valence-electron chi connectivity index (χ0n) is 23.4. The Labute approximate surface area is 257 Å². The van der Waals surface area contributed by atoms with Gasteiger partial charge in [0.25, 0.3) is 11.8 Å². The number of halogens is 2. The molecule has 0 atom stereocenters. The molecule has 4 rings (SSSR count). The largest absolute Gasteiger partial charge is 0.364 e. The molecule has 0 spiro atoms. The molecule has 0 saturated carbocycles. The first-order valence-electron chi connectivity index (χ1n) is 12.9. The molecule has 13 heteroatoms. The van der Waals surface area contributed by atoms with Crippen molar-refractivity contribution in [1.82, 2.24) is 25.6 Å². The van der Waals surface area contributed by atoms with E-state index in [1.165, 1.54) is 22.5 Å². The van der Waals surface area contributed by atoms with Crippen LogP contribution in [0.15, 0.2) is 47.8 Å². The zero-order valence-corrected chi connectivity index (χ0v) is 25.8. The molecule has 0 aliphatic carbocycles. The molecule has 3 aromatic rings. The number of aryl methyl sites for hydroxylation is 1. The van der Waals surface area contributed by atoms with Crippen molar-refractivity contribution in [3.8, 4) is 10.6 Å². The smallest absolute Gasteiger partial charge is 0.268 e. The lowest BCUT2D eigenvalue weighted by Crippen LogP contribution is -2.47. The van der Waals surface area contributed by atoms with E-state index < -0.39 is 5.91 Å². The Morgan fingerprint density at radius 2 is 1.68 bits per heavy atom. The van der Waals surface area contributed by atoms with Crippen molar-refractivity contribution < 1.29 is 14.4 Å². The molecule has 0 fully saturated rings. The van der Waals surface area contributed by atoms with E-state index in [-0.39, 0.29) is 55.4 Å². The second kappa shape index (κ2) is 15.8. The number of benzene rings is 2. The molecule has 41 heavy (non-hydrogen) atoms. The van der Waals surface area contributed by atoms with Gasteiger partial charge in [-0.25, -0.2) is 9.99 Å². The normalized spacial score (nSPS) is 12.2. The summed E-state index contributed by atoms with van der Waals surface area (Å²) < 4.78 is 0. The van der Waals surface area contributed by atoms with Crippen molar-refractivity contribution >= 4 is 59.6 Å². The lowest BCUT2D eigenvalue weighted by Gasteiger charge is -2.28. The van der Waals surface area contributed by atoms with Crippen molar-refractivity contribution in [1.29, 1.82) is 0 Å². The molecule has 1 aliphatic heterocycles. The van der Waals surface area contributed by atoms with E-state index in [9.17, 15) is 14.4 Å². The van der Waals surface area contributed by atoms with Crippen LogP contribution >= 0.6 is 36.2 Å². The molecule has 0 saturated heterocycles. The number of anilines is 1. The number of hydrazine groups is 1. The molecule has 1 aliphatic rings. The highest BCUT2D eigenvalue weighted by molar-refractivity contribution is 7.13. The number of carbonyl (C=O) groups is 3. The summed E-state index contributed by atoms with van der Waals surface area (Å²) >= 11 is 1.35. The number of hydrogen-bond donors (Lipinski definition) is 3. The lowest BCUT2D eigenvalue weighted by atomic mass is 10.1. The monoisotopic (exact) mass is 621 g/mol. The standard InChI is InChI=1S/C28H35N7O3S.2ClH/c1-4-30-11-12-35(24-10-9-20(13-19(24)2)28-32-23(18-39-28)27(29)38)26(37)15-31-14-25(36)33(3)34-16-21-7-5-6-8-22(21)17-34;;/h5-10,13,18,30-31H,4,11-12,14-17H2,1-3H3,(H2,29,38);2*1H. The van der Waals surface area contributed by atoms with Gasteiger partial charge in [0.1, 0.15) is 10.7 Å². The van der Waals surface area contributed by atoms with Gasteiger partial charge in [-0.2, -0.15) is 0 Å². The van der Waals surface area contributed by atoms with Crippen LogP contribution in [0.3, 0.4) is 0 Å². The Hall–Kier alpha value is -3.06. The fraction of sp³-hybridized carbons (Fsp3) is 0.357. The zero-order chi connectivity index (χ0) is 27.9. The Bertz CT molecular complexity index is 1330. The SMILES string of the molecule is CCNCCN(C(=O)CNCC(=O)N(C)N1Cc2ccccc2C1)c1ccc(-c2nc(C(N)=O)cs2)cc1C.Cl.Cl. The molecule has 4 N–H and O–H groups in total. The Balaban J connectivity index is 0.00000294. The van der Waals surface area contributed by atoms with Crippen LogP contribution in [0.5, 0.6) is 0 Å². The van der Waals surface area contributed by atoms with Gasteiger partial charge >= 0.3 is 0 Å². The second-order valence-corrected chi connectivity index (χ2v) is 10.3. The number of aromatic nitrogens is 1. The maximum Gasteiger partial charge on any atom is 0.268 e. The number of nitrogens with one attached hydrogen (secondary N) is 2. The number of carbonyl (C=O) groups excluding carboxylic acids is 3.